The van der Waals surface area contributed by atoms with Gasteiger partial charge in [0.15, 0.2) is 5.69 Å². The van der Waals surface area contributed by atoms with Crippen LogP contribution in [0.2, 0.25) is 0 Å². The molecule has 8 heteroatoms. The quantitative estimate of drug-likeness (QED) is 0.467. The molecule has 4 heterocycles. The maximum Gasteiger partial charge on any atom is 0.272 e. The second kappa shape index (κ2) is 9.10. The van der Waals surface area contributed by atoms with Crippen molar-refractivity contribution in [3.05, 3.63) is 93.1 Å². The number of nitrogens with one attached hydrogen (secondary N) is 1. The Bertz CT molecular complexity index is 1200. The summed E-state index contributed by atoms with van der Waals surface area (Å²) in [6, 6.07) is 14.2. The van der Waals surface area contributed by atoms with Gasteiger partial charge in [0, 0.05) is 42.3 Å². The highest BCUT2D eigenvalue weighted by Crippen LogP contribution is 2.25. The molecule has 0 atom stereocenters. The van der Waals surface area contributed by atoms with Gasteiger partial charge in [0.2, 0.25) is 0 Å². The number of carbonyl (C=O) groups excluding carboxylic acids is 1. The van der Waals surface area contributed by atoms with E-state index >= 15 is 0 Å². The first-order valence-corrected chi connectivity index (χ1v) is 11.6. The molecule has 3 aromatic heterocycles. The van der Waals surface area contributed by atoms with Crippen molar-refractivity contribution < 1.29 is 9.21 Å². The molecule has 0 fully saturated rings. The van der Waals surface area contributed by atoms with Crippen LogP contribution in [0.1, 0.15) is 43.8 Å². The van der Waals surface area contributed by atoms with E-state index in [0.29, 0.717) is 25.3 Å². The Morgan fingerprint density at radius 3 is 2.81 bits per heavy atom. The number of hydrogen-bond donors (Lipinski definition) is 1. The molecule has 0 unspecified atom stereocenters. The fraction of sp³-hybridized carbons (Fsp3) is 0.292. The number of thiazole rings is 1. The van der Waals surface area contributed by atoms with E-state index in [4.69, 9.17) is 9.52 Å². The van der Waals surface area contributed by atoms with Gasteiger partial charge in [-0.25, -0.2) is 4.98 Å². The van der Waals surface area contributed by atoms with Gasteiger partial charge in [-0.3, -0.25) is 14.4 Å². The van der Waals surface area contributed by atoms with Crippen molar-refractivity contribution in [2.45, 2.75) is 39.5 Å². The number of carbonyl (C=O) groups is 1. The van der Waals surface area contributed by atoms with Crippen LogP contribution in [-0.4, -0.2) is 32.1 Å². The van der Waals surface area contributed by atoms with Crippen molar-refractivity contribution in [3.8, 4) is 0 Å². The van der Waals surface area contributed by atoms with Gasteiger partial charge in [-0.05, 0) is 24.6 Å². The van der Waals surface area contributed by atoms with Crippen LogP contribution in [0.15, 0.2) is 58.5 Å². The van der Waals surface area contributed by atoms with Crippen LogP contribution >= 0.6 is 11.3 Å². The second-order valence-electron chi connectivity index (χ2n) is 8.00. The molecule has 0 aliphatic carbocycles. The molecule has 1 N–H and O–H groups in total. The van der Waals surface area contributed by atoms with Gasteiger partial charge in [-0.2, -0.15) is 5.10 Å². The fourth-order valence-electron chi connectivity index (χ4n) is 4.12. The van der Waals surface area contributed by atoms with E-state index in [9.17, 15) is 4.79 Å². The Labute approximate surface area is 190 Å². The number of nitrogens with zero attached hydrogens (tertiary/aromatic N) is 4. The van der Waals surface area contributed by atoms with Gasteiger partial charge in [-0.15, -0.1) is 11.3 Å². The van der Waals surface area contributed by atoms with Crippen molar-refractivity contribution in [3.63, 3.8) is 0 Å². The van der Waals surface area contributed by atoms with Crippen LogP contribution in [0.5, 0.6) is 0 Å². The van der Waals surface area contributed by atoms with Crippen LogP contribution in [0.4, 0.5) is 0 Å². The average molecular weight is 448 g/mol. The summed E-state index contributed by atoms with van der Waals surface area (Å²) >= 11 is 1.53. The summed E-state index contributed by atoms with van der Waals surface area (Å²) in [5, 5.41) is 10.6. The Balaban J connectivity index is 1.40. The number of aryl methyl sites for hydroxylation is 1. The third-order valence-corrected chi connectivity index (χ3v) is 6.44. The van der Waals surface area contributed by atoms with E-state index in [0.717, 1.165) is 47.3 Å². The minimum Gasteiger partial charge on any atom is -0.465 e. The first kappa shape index (κ1) is 20.7. The first-order chi connectivity index (χ1) is 15.7. The van der Waals surface area contributed by atoms with E-state index in [-0.39, 0.29) is 5.91 Å². The Hall–Kier alpha value is -3.23. The molecule has 1 aromatic carbocycles. The van der Waals surface area contributed by atoms with Gasteiger partial charge in [-0.1, -0.05) is 30.3 Å². The lowest BCUT2D eigenvalue weighted by atomic mass is 10.0. The zero-order chi connectivity index (χ0) is 21.9. The molecule has 1 aliphatic rings. The van der Waals surface area contributed by atoms with E-state index < -0.39 is 0 Å². The summed E-state index contributed by atoms with van der Waals surface area (Å²) in [5.41, 5.74) is 3.82. The molecule has 7 nitrogen and oxygen atoms in total. The Morgan fingerprint density at radius 2 is 2.06 bits per heavy atom. The lowest BCUT2D eigenvalue weighted by Gasteiger charge is -2.27. The molecule has 32 heavy (non-hydrogen) atoms. The molecule has 0 spiro atoms. The zero-order valence-corrected chi connectivity index (χ0v) is 18.8. The first-order valence-electron chi connectivity index (χ1n) is 10.7. The summed E-state index contributed by atoms with van der Waals surface area (Å²) < 4.78 is 7.77. The number of benzene rings is 1. The number of aromatic nitrogens is 3. The van der Waals surface area contributed by atoms with E-state index in [1.54, 1.807) is 6.20 Å². The zero-order valence-electron chi connectivity index (χ0n) is 18.0. The van der Waals surface area contributed by atoms with Gasteiger partial charge in [0.05, 0.1) is 19.6 Å². The third-order valence-electron chi connectivity index (χ3n) is 5.66. The van der Waals surface area contributed by atoms with Gasteiger partial charge in [0.25, 0.3) is 5.91 Å². The van der Waals surface area contributed by atoms with Crippen LogP contribution in [-0.2, 0) is 32.6 Å². The van der Waals surface area contributed by atoms with Crippen LogP contribution in [0.25, 0.3) is 0 Å². The number of amides is 1. The van der Waals surface area contributed by atoms with E-state index in [2.05, 4.69) is 27.3 Å². The van der Waals surface area contributed by atoms with Crippen LogP contribution < -0.4 is 5.32 Å². The number of furan rings is 1. The smallest absolute Gasteiger partial charge is 0.272 e. The molecule has 0 saturated carbocycles. The highest BCUT2D eigenvalue weighted by molar-refractivity contribution is 7.09. The maximum atomic E-state index is 13.1. The molecule has 4 aromatic rings. The van der Waals surface area contributed by atoms with Gasteiger partial charge in [0.1, 0.15) is 16.5 Å². The van der Waals surface area contributed by atoms with Crippen molar-refractivity contribution in [1.29, 1.82) is 0 Å². The fourth-order valence-corrected chi connectivity index (χ4v) is 4.68. The average Bonchev–Trinajstić information content (AvgIpc) is 3.54. The summed E-state index contributed by atoms with van der Waals surface area (Å²) in [6.07, 6.45) is 2.59. The van der Waals surface area contributed by atoms with Crippen molar-refractivity contribution >= 4 is 17.2 Å². The summed E-state index contributed by atoms with van der Waals surface area (Å²) in [4.78, 5) is 19.7. The Morgan fingerprint density at radius 1 is 1.19 bits per heavy atom. The monoisotopic (exact) mass is 447 g/mol. The topological polar surface area (TPSA) is 76.2 Å². The molecule has 0 bridgehead atoms. The van der Waals surface area contributed by atoms with Gasteiger partial charge >= 0.3 is 0 Å². The van der Waals surface area contributed by atoms with Gasteiger partial charge < -0.3 is 9.73 Å². The highest BCUT2D eigenvalue weighted by Gasteiger charge is 2.28. The van der Waals surface area contributed by atoms with Crippen LogP contribution in [0.3, 0.4) is 0 Å². The molecular formula is C24H25N5O2S. The molecule has 5 rings (SSSR count). The summed E-state index contributed by atoms with van der Waals surface area (Å²) in [6.45, 7) is 5.30. The number of rotatable bonds is 7. The maximum absolute atomic E-state index is 13.1. The number of hydrogen-bond acceptors (Lipinski definition) is 6. The SMILES string of the molecule is Cc1ccc(CN2CCc3c(c(C(=O)NCc4nccs4)nn3Cc3ccccc3)C2)o1. The minimum atomic E-state index is -0.154. The molecule has 164 valence electrons. The third kappa shape index (κ3) is 4.51. The molecule has 1 aliphatic heterocycles. The van der Waals surface area contributed by atoms with Crippen molar-refractivity contribution in [2.24, 2.45) is 0 Å². The predicted molar refractivity (Wildman–Crippen MR) is 122 cm³/mol. The number of fused-ring (bicyclic) bond motifs is 1. The normalized spacial score (nSPS) is 13.8. The largest absolute Gasteiger partial charge is 0.465 e. The van der Waals surface area contributed by atoms with Crippen molar-refractivity contribution in [2.75, 3.05) is 6.54 Å². The van der Waals surface area contributed by atoms with E-state index in [1.165, 1.54) is 16.9 Å². The van der Waals surface area contributed by atoms with Crippen molar-refractivity contribution in [1.82, 2.24) is 25.0 Å². The second-order valence-corrected chi connectivity index (χ2v) is 8.98. The predicted octanol–water partition coefficient (Wildman–Crippen LogP) is 3.78. The lowest BCUT2D eigenvalue weighted by molar-refractivity contribution is 0.0942. The Kier molecular flexibility index (Phi) is 5.87. The molecule has 0 saturated heterocycles. The minimum absolute atomic E-state index is 0.154. The highest BCUT2D eigenvalue weighted by atomic mass is 32.1. The lowest BCUT2D eigenvalue weighted by Crippen LogP contribution is -2.32. The van der Waals surface area contributed by atoms with Crippen LogP contribution in [0, 0.1) is 6.92 Å². The standard InChI is InChI=1S/C24H25N5O2S/c1-17-7-8-19(31-17)15-28-11-9-21-20(16-28)23(24(30)26-13-22-25-10-12-32-22)27-29(21)14-18-5-3-2-4-6-18/h2-8,10,12H,9,11,13-16H2,1H3,(H,26,30). The molecule has 0 radical (unpaired) electrons. The summed E-state index contributed by atoms with van der Waals surface area (Å²) in [5.74, 6) is 1.70. The summed E-state index contributed by atoms with van der Waals surface area (Å²) in [7, 11) is 0. The van der Waals surface area contributed by atoms with E-state index in [1.807, 2.05) is 47.3 Å². The molecule has 1 amide bonds. The molecular weight excluding hydrogens is 422 g/mol.